The van der Waals surface area contributed by atoms with Crippen LogP contribution in [0.4, 0.5) is 0 Å². The van der Waals surface area contributed by atoms with E-state index in [9.17, 15) is 9.59 Å². The maximum absolute atomic E-state index is 11.5. The van der Waals surface area contributed by atoms with Gasteiger partial charge in [0, 0.05) is 14.1 Å². The van der Waals surface area contributed by atoms with Gasteiger partial charge in [0.25, 0.3) is 5.91 Å². The number of β-lactam (4-membered cyclic amide) rings is 1. The molecule has 0 aromatic heterocycles. The quantitative estimate of drug-likeness (QED) is 0.342. The molecule has 1 N–H and O–H groups in total. The van der Waals surface area contributed by atoms with Crippen molar-refractivity contribution in [3.8, 4) is 0 Å². The Morgan fingerprint density at radius 3 is 2.71 bits per heavy atom. The Morgan fingerprint density at radius 1 is 1.71 bits per heavy atom. The molecule has 0 unspecified atom stereocenters. The van der Waals surface area contributed by atoms with Crippen LogP contribution in [0.5, 0.6) is 0 Å². The van der Waals surface area contributed by atoms with Crippen molar-refractivity contribution in [1.82, 2.24) is 9.96 Å². The molecule has 1 aliphatic heterocycles. The van der Waals surface area contributed by atoms with Crippen LogP contribution in [-0.4, -0.2) is 60.7 Å². The fourth-order valence-corrected chi connectivity index (χ4v) is 1.47. The lowest BCUT2D eigenvalue weighted by molar-refractivity contribution is -0.188. The van der Waals surface area contributed by atoms with E-state index in [1.165, 1.54) is 19.1 Å². The Labute approximate surface area is 82.0 Å². The smallest absolute Gasteiger partial charge is 0.260 e. The Bertz CT molecular complexity index is 256. The van der Waals surface area contributed by atoms with Gasteiger partial charge in [0.15, 0.2) is 0 Å². The van der Waals surface area contributed by atoms with Crippen LogP contribution in [0.25, 0.3) is 0 Å². The minimum Gasteiger partial charge on any atom is -0.394 e. The third kappa shape index (κ3) is 1.46. The molecule has 2 atom stereocenters. The van der Waals surface area contributed by atoms with Crippen molar-refractivity contribution < 1.29 is 19.5 Å². The first-order chi connectivity index (χ1) is 6.54. The largest absolute Gasteiger partial charge is 0.394 e. The molecule has 0 bridgehead atoms. The summed E-state index contributed by atoms with van der Waals surface area (Å²) in [5.74, 6) is -1.50. The highest BCUT2D eigenvalue weighted by molar-refractivity contribution is 6.05. The van der Waals surface area contributed by atoms with Crippen LogP contribution in [0, 0.1) is 5.92 Å². The number of carbonyl (C=O) groups excluding carboxylic acids is 2. The van der Waals surface area contributed by atoms with Gasteiger partial charge >= 0.3 is 0 Å². The number of hydrogen-bond donors (Lipinski definition) is 1. The molecule has 80 valence electrons. The van der Waals surface area contributed by atoms with Gasteiger partial charge in [-0.15, -0.1) is 0 Å². The van der Waals surface area contributed by atoms with Gasteiger partial charge in [-0.2, -0.15) is 0 Å². The molecule has 1 heterocycles. The lowest BCUT2D eigenvalue weighted by atomic mass is 9.88. The Kier molecular flexibility index (Phi) is 3.07. The minimum atomic E-state index is -0.796. The van der Waals surface area contributed by atoms with Gasteiger partial charge in [-0.1, -0.05) is 0 Å². The molecule has 2 amide bonds. The summed E-state index contributed by atoms with van der Waals surface area (Å²) in [6.07, 6.45) is 0. The van der Waals surface area contributed by atoms with Crippen molar-refractivity contribution >= 4 is 11.8 Å². The predicted octanol–water partition coefficient (Wildman–Crippen LogP) is -1.54. The minimum absolute atomic E-state index is 0.212. The highest BCUT2D eigenvalue weighted by atomic mass is 16.7. The topological polar surface area (TPSA) is 70.1 Å². The summed E-state index contributed by atoms with van der Waals surface area (Å²) < 4.78 is 0. The van der Waals surface area contributed by atoms with Crippen molar-refractivity contribution in [3.05, 3.63) is 0 Å². The normalized spacial score (nSPS) is 26.0. The lowest BCUT2D eigenvalue weighted by Gasteiger charge is -2.43. The Morgan fingerprint density at radius 2 is 2.29 bits per heavy atom. The van der Waals surface area contributed by atoms with Crippen LogP contribution in [0.2, 0.25) is 0 Å². The van der Waals surface area contributed by atoms with Gasteiger partial charge in [-0.3, -0.25) is 14.4 Å². The number of likely N-dealkylation sites (N-methyl/N-ethyl adjacent to an activating group) is 1. The van der Waals surface area contributed by atoms with E-state index < -0.39 is 17.9 Å². The van der Waals surface area contributed by atoms with E-state index in [0.717, 1.165) is 5.06 Å². The number of amides is 2. The Hall–Kier alpha value is -1.14. The van der Waals surface area contributed by atoms with Crippen LogP contribution in [0.1, 0.15) is 0 Å². The highest BCUT2D eigenvalue weighted by Gasteiger charge is 2.50. The second-order valence-corrected chi connectivity index (χ2v) is 3.20. The molecular weight excluding hydrogens is 188 g/mol. The van der Waals surface area contributed by atoms with E-state index in [1.54, 1.807) is 7.05 Å². The number of rotatable bonds is 3. The summed E-state index contributed by atoms with van der Waals surface area (Å²) in [6, 6.07) is -0.424. The number of hydroxylamine groups is 2. The molecule has 0 aromatic carbocycles. The van der Waals surface area contributed by atoms with E-state index in [4.69, 9.17) is 5.11 Å². The zero-order valence-corrected chi connectivity index (χ0v) is 8.43. The third-order valence-corrected chi connectivity index (χ3v) is 2.53. The maximum Gasteiger partial charge on any atom is 0.260 e. The van der Waals surface area contributed by atoms with Crippen LogP contribution < -0.4 is 0 Å². The van der Waals surface area contributed by atoms with Gasteiger partial charge < -0.3 is 10.0 Å². The summed E-state index contributed by atoms with van der Waals surface area (Å²) in [4.78, 5) is 28.9. The monoisotopic (exact) mass is 202 g/mol. The molecule has 1 fully saturated rings. The molecular formula is C8H14N2O4. The van der Waals surface area contributed by atoms with Gasteiger partial charge in [-0.25, -0.2) is 5.06 Å². The second kappa shape index (κ2) is 3.93. The predicted molar refractivity (Wildman–Crippen MR) is 46.9 cm³/mol. The zero-order valence-electron chi connectivity index (χ0n) is 8.43. The molecule has 0 radical (unpaired) electrons. The number of aliphatic hydroxyl groups excluding tert-OH is 1. The summed E-state index contributed by atoms with van der Waals surface area (Å²) >= 11 is 0. The van der Waals surface area contributed by atoms with Crippen molar-refractivity contribution in [1.29, 1.82) is 0 Å². The third-order valence-electron chi connectivity index (χ3n) is 2.53. The molecule has 1 saturated heterocycles. The highest BCUT2D eigenvalue weighted by Crippen LogP contribution is 2.25. The van der Waals surface area contributed by atoms with Crippen LogP contribution in [-0.2, 0) is 14.4 Å². The summed E-state index contributed by atoms with van der Waals surface area (Å²) in [6.45, 7) is -0.212. The van der Waals surface area contributed by atoms with Gasteiger partial charge in [0.05, 0.1) is 19.8 Å². The molecule has 6 nitrogen and oxygen atoms in total. The number of aliphatic hydroxyl groups is 1. The SMILES string of the molecule is CON(C)C(=O)[C@@H]1C(=O)N(C)[C@H]1CO. The first-order valence-corrected chi connectivity index (χ1v) is 4.23. The average molecular weight is 202 g/mol. The van der Waals surface area contributed by atoms with Crippen molar-refractivity contribution in [3.63, 3.8) is 0 Å². The van der Waals surface area contributed by atoms with E-state index in [2.05, 4.69) is 4.84 Å². The first-order valence-electron chi connectivity index (χ1n) is 4.23. The fourth-order valence-electron chi connectivity index (χ4n) is 1.47. The van der Waals surface area contributed by atoms with E-state index in [0.29, 0.717) is 0 Å². The van der Waals surface area contributed by atoms with E-state index >= 15 is 0 Å². The zero-order chi connectivity index (χ0) is 10.9. The molecule has 0 spiro atoms. The molecule has 14 heavy (non-hydrogen) atoms. The maximum atomic E-state index is 11.5. The number of likely N-dealkylation sites (tertiary alicyclic amines) is 1. The molecule has 1 aliphatic rings. The molecule has 6 heteroatoms. The summed E-state index contributed by atoms with van der Waals surface area (Å²) in [7, 11) is 4.33. The van der Waals surface area contributed by atoms with Crippen molar-refractivity contribution in [2.75, 3.05) is 27.8 Å². The first kappa shape index (κ1) is 10.9. The molecule has 0 saturated carbocycles. The van der Waals surface area contributed by atoms with Crippen LogP contribution in [0.3, 0.4) is 0 Å². The Balaban J connectivity index is 2.69. The molecule has 0 aliphatic carbocycles. The molecule has 0 aromatic rings. The fraction of sp³-hybridized carbons (Fsp3) is 0.750. The summed E-state index contributed by atoms with van der Waals surface area (Å²) in [5.41, 5.74) is 0. The standard InChI is InChI=1S/C8H14N2O4/c1-9-5(4-11)6(7(9)12)8(13)10(2)14-3/h5-6,11H,4H2,1-3H3/t5-,6-/m0/s1. The second-order valence-electron chi connectivity index (χ2n) is 3.20. The lowest BCUT2D eigenvalue weighted by Crippen LogP contribution is -2.65. The van der Waals surface area contributed by atoms with Crippen LogP contribution >= 0.6 is 0 Å². The van der Waals surface area contributed by atoms with Gasteiger partial charge in [-0.05, 0) is 0 Å². The van der Waals surface area contributed by atoms with Crippen molar-refractivity contribution in [2.24, 2.45) is 5.92 Å². The molecule has 1 rings (SSSR count). The summed E-state index contributed by atoms with van der Waals surface area (Å²) in [5, 5.41) is 9.94. The number of nitrogens with zero attached hydrogens (tertiary/aromatic N) is 2. The van der Waals surface area contributed by atoms with E-state index in [-0.39, 0.29) is 12.5 Å². The van der Waals surface area contributed by atoms with Crippen molar-refractivity contribution in [2.45, 2.75) is 6.04 Å². The number of hydrogen-bond acceptors (Lipinski definition) is 4. The van der Waals surface area contributed by atoms with Crippen LogP contribution in [0.15, 0.2) is 0 Å². The number of carbonyl (C=O) groups is 2. The van der Waals surface area contributed by atoms with Gasteiger partial charge in [0.2, 0.25) is 5.91 Å². The van der Waals surface area contributed by atoms with Gasteiger partial charge in [0.1, 0.15) is 5.92 Å². The average Bonchev–Trinajstić information content (AvgIpc) is 2.21. The van der Waals surface area contributed by atoms with E-state index in [1.807, 2.05) is 0 Å².